The zero-order chi connectivity index (χ0) is 12.0. The second-order valence-corrected chi connectivity index (χ2v) is 4.49. The van der Waals surface area contributed by atoms with Gasteiger partial charge in [0.1, 0.15) is 5.15 Å². The van der Waals surface area contributed by atoms with Crippen molar-refractivity contribution in [1.82, 2.24) is 4.98 Å². The lowest BCUT2D eigenvalue weighted by Crippen LogP contribution is -2.29. The first-order valence-corrected chi connectivity index (χ1v) is 6.03. The van der Waals surface area contributed by atoms with Gasteiger partial charge < -0.3 is 19.8 Å². The molecule has 5 nitrogen and oxygen atoms in total. The lowest BCUT2D eigenvalue weighted by atomic mass is 10.5. The highest BCUT2D eigenvalue weighted by Gasteiger charge is 2.14. The molecule has 7 heteroatoms. The van der Waals surface area contributed by atoms with Gasteiger partial charge in [-0.3, -0.25) is 0 Å². The zero-order valence-electron chi connectivity index (χ0n) is 9.02. The first-order chi connectivity index (χ1) is 7.72. The molecule has 1 rings (SSSR count). The molecule has 0 unspecified atom stereocenters. The number of aromatic nitrogens is 1. The van der Waals surface area contributed by atoms with Gasteiger partial charge >= 0.3 is 0 Å². The predicted octanol–water partition coefficient (Wildman–Crippen LogP) is 0.734. The second kappa shape index (κ2) is 7.03. The van der Waals surface area contributed by atoms with Crippen molar-refractivity contribution in [2.45, 2.75) is 6.61 Å². The number of anilines is 1. The average molecular weight is 267 g/mol. The predicted molar refractivity (Wildman–Crippen MR) is 64.2 cm³/mol. The van der Waals surface area contributed by atoms with Crippen molar-refractivity contribution in [1.29, 1.82) is 0 Å². The lowest BCUT2D eigenvalue weighted by molar-refractivity contribution is 0.203. The number of aliphatic hydroxyl groups excluding tert-OH is 2. The third-order valence-corrected chi connectivity index (χ3v) is 3.51. The van der Waals surface area contributed by atoms with E-state index in [0.29, 0.717) is 34.9 Å². The van der Waals surface area contributed by atoms with Crippen LogP contribution in [-0.4, -0.2) is 48.6 Å². The molecule has 2 N–H and O–H groups in total. The summed E-state index contributed by atoms with van der Waals surface area (Å²) in [6, 6.07) is 0. The Morgan fingerprint density at radius 3 is 2.69 bits per heavy atom. The molecule has 0 radical (unpaired) electrons. The Labute approximate surface area is 103 Å². The van der Waals surface area contributed by atoms with Crippen molar-refractivity contribution in [3.63, 3.8) is 0 Å². The van der Waals surface area contributed by atoms with Crippen LogP contribution in [0.3, 0.4) is 0 Å². The summed E-state index contributed by atoms with van der Waals surface area (Å²) in [5.74, 6) is 0. The van der Waals surface area contributed by atoms with Gasteiger partial charge in [-0.15, -0.1) is 0 Å². The quantitative estimate of drug-likeness (QED) is 0.762. The van der Waals surface area contributed by atoms with Crippen LogP contribution in [0.15, 0.2) is 0 Å². The molecule has 0 amide bonds. The maximum Gasteiger partial charge on any atom is 0.187 e. The molecule has 1 aromatic heterocycles. The summed E-state index contributed by atoms with van der Waals surface area (Å²) in [4.78, 5) is 6.65. The van der Waals surface area contributed by atoms with E-state index in [-0.39, 0.29) is 13.2 Å². The van der Waals surface area contributed by atoms with E-state index in [1.165, 1.54) is 11.3 Å². The van der Waals surface area contributed by atoms with E-state index in [1.54, 1.807) is 7.11 Å². The van der Waals surface area contributed by atoms with Gasteiger partial charge in [-0.25, -0.2) is 4.98 Å². The Balaban J connectivity index is 2.74. The minimum absolute atomic E-state index is 0.0371. The maximum absolute atomic E-state index is 9.01. The maximum atomic E-state index is 9.01. The summed E-state index contributed by atoms with van der Waals surface area (Å²) in [5, 5.41) is 19.0. The van der Waals surface area contributed by atoms with E-state index in [9.17, 15) is 0 Å². The average Bonchev–Trinajstić information content (AvgIpc) is 2.65. The molecule has 0 aromatic carbocycles. The van der Waals surface area contributed by atoms with Crippen LogP contribution in [0.2, 0.25) is 5.15 Å². The molecule has 92 valence electrons. The number of nitrogens with zero attached hydrogens (tertiary/aromatic N) is 2. The first kappa shape index (κ1) is 13.7. The summed E-state index contributed by atoms with van der Waals surface area (Å²) >= 11 is 7.17. The number of aliphatic hydroxyl groups is 2. The number of halogens is 1. The van der Waals surface area contributed by atoms with Crippen LogP contribution in [0.1, 0.15) is 4.88 Å². The number of methoxy groups -OCH3 is 1. The fourth-order valence-corrected chi connectivity index (χ4v) is 2.35. The molecule has 0 spiro atoms. The van der Waals surface area contributed by atoms with Crippen LogP contribution in [0, 0.1) is 0 Å². The molecule has 16 heavy (non-hydrogen) atoms. The van der Waals surface area contributed by atoms with Crippen LogP contribution in [0.25, 0.3) is 0 Å². The standard InChI is InChI=1S/C9H15ClN2O3S/c1-15-5-3-12(2-4-13)9-11-8(10)7(6-14)16-9/h13-14H,2-6H2,1H3. The number of thiazole rings is 1. The highest BCUT2D eigenvalue weighted by Crippen LogP contribution is 2.29. The van der Waals surface area contributed by atoms with E-state index in [4.69, 9.17) is 26.6 Å². The smallest absolute Gasteiger partial charge is 0.187 e. The van der Waals surface area contributed by atoms with Gasteiger partial charge in [-0.2, -0.15) is 0 Å². The monoisotopic (exact) mass is 266 g/mol. The summed E-state index contributed by atoms with van der Waals surface area (Å²) in [5.41, 5.74) is 0. The van der Waals surface area contributed by atoms with Crippen molar-refractivity contribution in [3.05, 3.63) is 10.0 Å². The van der Waals surface area contributed by atoms with E-state index in [0.717, 1.165) is 0 Å². The third-order valence-electron chi connectivity index (χ3n) is 1.99. The molecule has 0 aliphatic heterocycles. The van der Waals surface area contributed by atoms with Crippen molar-refractivity contribution >= 4 is 28.1 Å². The van der Waals surface area contributed by atoms with Crippen LogP contribution >= 0.6 is 22.9 Å². The molecular formula is C9H15ClN2O3S. The van der Waals surface area contributed by atoms with Gasteiger partial charge in [0.25, 0.3) is 0 Å². The van der Waals surface area contributed by atoms with Crippen molar-refractivity contribution in [2.75, 3.05) is 38.3 Å². The van der Waals surface area contributed by atoms with Crippen molar-refractivity contribution in [3.8, 4) is 0 Å². The third kappa shape index (κ3) is 3.57. The number of rotatable bonds is 7. The highest BCUT2D eigenvalue weighted by atomic mass is 35.5. The van der Waals surface area contributed by atoms with E-state index in [2.05, 4.69) is 4.98 Å². The largest absolute Gasteiger partial charge is 0.395 e. The SMILES string of the molecule is COCCN(CCO)c1nc(Cl)c(CO)s1. The minimum Gasteiger partial charge on any atom is -0.395 e. The van der Waals surface area contributed by atoms with Crippen LogP contribution in [0.5, 0.6) is 0 Å². The van der Waals surface area contributed by atoms with Crippen LogP contribution in [0.4, 0.5) is 5.13 Å². The Hall–Kier alpha value is -0.400. The topological polar surface area (TPSA) is 65.8 Å². The number of hydrogen-bond acceptors (Lipinski definition) is 6. The van der Waals surface area contributed by atoms with Gasteiger partial charge in [0.05, 0.1) is 24.7 Å². The van der Waals surface area contributed by atoms with Crippen molar-refractivity contribution in [2.24, 2.45) is 0 Å². The number of hydrogen-bond donors (Lipinski definition) is 2. The fourth-order valence-electron chi connectivity index (χ4n) is 1.18. The Bertz CT molecular complexity index is 322. The highest BCUT2D eigenvalue weighted by molar-refractivity contribution is 7.16. The zero-order valence-corrected chi connectivity index (χ0v) is 10.6. The molecular weight excluding hydrogens is 252 g/mol. The lowest BCUT2D eigenvalue weighted by Gasteiger charge is -2.19. The summed E-state index contributed by atoms with van der Waals surface area (Å²) in [6.45, 7) is 1.57. The molecule has 0 saturated heterocycles. The fraction of sp³-hybridized carbons (Fsp3) is 0.667. The second-order valence-electron chi connectivity index (χ2n) is 3.07. The summed E-state index contributed by atoms with van der Waals surface area (Å²) in [7, 11) is 1.62. The summed E-state index contributed by atoms with van der Waals surface area (Å²) < 4.78 is 4.97. The molecule has 0 aliphatic carbocycles. The van der Waals surface area contributed by atoms with Gasteiger partial charge in [0, 0.05) is 20.2 Å². The minimum atomic E-state index is -0.117. The van der Waals surface area contributed by atoms with Gasteiger partial charge in [0.2, 0.25) is 0 Å². The molecule has 0 atom stereocenters. The Morgan fingerprint density at radius 1 is 1.44 bits per heavy atom. The Kier molecular flexibility index (Phi) is 6.00. The first-order valence-electron chi connectivity index (χ1n) is 4.83. The van der Waals surface area contributed by atoms with Crippen LogP contribution < -0.4 is 4.90 Å². The van der Waals surface area contributed by atoms with Gasteiger partial charge in [0.15, 0.2) is 5.13 Å². The molecule has 0 bridgehead atoms. The van der Waals surface area contributed by atoms with E-state index < -0.39 is 0 Å². The van der Waals surface area contributed by atoms with Gasteiger partial charge in [-0.05, 0) is 0 Å². The van der Waals surface area contributed by atoms with Gasteiger partial charge in [-0.1, -0.05) is 22.9 Å². The molecule has 0 saturated carbocycles. The number of ether oxygens (including phenoxy) is 1. The van der Waals surface area contributed by atoms with Crippen LogP contribution in [-0.2, 0) is 11.3 Å². The molecule has 1 heterocycles. The van der Waals surface area contributed by atoms with E-state index in [1.807, 2.05) is 4.90 Å². The molecule has 0 fully saturated rings. The molecule has 0 aliphatic rings. The molecule has 1 aromatic rings. The van der Waals surface area contributed by atoms with Crippen molar-refractivity contribution < 1.29 is 14.9 Å². The normalized spacial score (nSPS) is 10.8. The Morgan fingerprint density at radius 2 is 2.19 bits per heavy atom. The van der Waals surface area contributed by atoms with E-state index >= 15 is 0 Å². The summed E-state index contributed by atoms with van der Waals surface area (Å²) in [6.07, 6.45) is 0.